The van der Waals surface area contributed by atoms with Gasteiger partial charge in [-0.2, -0.15) is 0 Å². The number of carboxylic acids is 1. The first kappa shape index (κ1) is 14.4. The predicted octanol–water partition coefficient (Wildman–Crippen LogP) is 0.747. The highest BCUT2D eigenvalue weighted by Gasteiger charge is 2.54. The molecule has 2 rings (SSSR count). The third-order valence-electron chi connectivity index (χ3n) is 4.33. The zero-order chi connectivity index (χ0) is 14.6. The van der Waals surface area contributed by atoms with E-state index in [1.54, 1.807) is 30.2 Å². The second kappa shape index (κ2) is 4.23. The molecule has 0 saturated carbocycles. The maximum absolute atomic E-state index is 11.2. The maximum Gasteiger partial charge on any atom is 0.513 e. The van der Waals surface area contributed by atoms with Gasteiger partial charge in [-0.05, 0) is 33.8 Å². The van der Waals surface area contributed by atoms with Crippen molar-refractivity contribution in [2.24, 2.45) is 0 Å². The molecule has 0 radical (unpaired) electrons. The van der Waals surface area contributed by atoms with E-state index in [1.165, 1.54) is 0 Å². The van der Waals surface area contributed by atoms with Crippen LogP contribution in [-0.4, -0.2) is 59.6 Å². The molecule has 0 aromatic carbocycles. The van der Waals surface area contributed by atoms with Gasteiger partial charge in [-0.25, -0.2) is 5.01 Å². The Morgan fingerprint density at radius 1 is 1.26 bits per heavy atom. The third-order valence-corrected chi connectivity index (χ3v) is 4.33. The van der Waals surface area contributed by atoms with E-state index in [1.807, 2.05) is 27.7 Å². The Hall–Kier alpha value is -1.05. The van der Waals surface area contributed by atoms with E-state index in [9.17, 15) is 9.90 Å². The minimum absolute atomic E-state index is 0.431. The lowest BCUT2D eigenvalue weighted by atomic mass is 9.83. The molecule has 1 N–H and O–H groups in total. The van der Waals surface area contributed by atoms with Crippen LogP contribution < -0.4 is 0 Å². The highest BCUT2D eigenvalue weighted by Crippen LogP contribution is 2.40. The molecule has 0 aromatic rings. The molecule has 2 aliphatic rings. The van der Waals surface area contributed by atoms with Crippen LogP contribution in [-0.2, 0) is 14.1 Å². The normalized spacial score (nSPS) is 29.8. The van der Waals surface area contributed by atoms with Crippen molar-refractivity contribution in [3.05, 3.63) is 11.7 Å². The Kier molecular flexibility index (Phi) is 3.20. The van der Waals surface area contributed by atoms with Crippen molar-refractivity contribution in [2.75, 3.05) is 14.1 Å². The highest BCUT2D eigenvalue weighted by atomic mass is 16.7. The van der Waals surface area contributed by atoms with E-state index in [0.717, 1.165) is 5.60 Å². The summed E-state index contributed by atoms with van der Waals surface area (Å²) in [5, 5.41) is 12.6. The summed E-state index contributed by atoms with van der Waals surface area (Å²) in [5.74, 6) is -0.888. The summed E-state index contributed by atoms with van der Waals surface area (Å²) >= 11 is 0. The molecule has 7 heteroatoms. The van der Waals surface area contributed by atoms with Crippen LogP contribution in [0.4, 0.5) is 0 Å². The molecule has 1 atom stereocenters. The Balaban J connectivity index is 2.25. The van der Waals surface area contributed by atoms with E-state index in [2.05, 4.69) is 0 Å². The minimum atomic E-state index is -0.888. The van der Waals surface area contributed by atoms with Gasteiger partial charge in [-0.1, -0.05) is 0 Å². The summed E-state index contributed by atoms with van der Waals surface area (Å²) in [6.07, 6.45) is 1.67. The number of aliphatic carboxylic acids is 1. The van der Waals surface area contributed by atoms with Crippen LogP contribution in [0.15, 0.2) is 11.7 Å². The van der Waals surface area contributed by atoms with Gasteiger partial charge >= 0.3 is 13.1 Å². The number of hydrogen-bond donors (Lipinski definition) is 1. The van der Waals surface area contributed by atoms with Gasteiger partial charge in [-0.15, -0.1) is 0 Å². The summed E-state index contributed by atoms with van der Waals surface area (Å²) in [5.41, 5.74) is -0.133. The highest BCUT2D eigenvalue weighted by molar-refractivity contribution is 6.54. The number of rotatable bonds is 2. The van der Waals surface area contributed by atoms with Crippen LogP contribution in [0.3, 0.4) is 0 Å². The fourth-order valence-electron chi connectivity index (χ4n) is 2.17. The average Bonchev–Trinajstić information content (AvgIpc) is 2.64. The predicted molar refractivity (Wildman–Crippen MR) is 71.1 cm³/mol. The quantitative estimate of drug-likeness (QED) is 0.745. The molecule has 0 spiro atoms. The molecule has 106 valence electrons. The van der Waals surface area contributed by atoms with E-state index in [0.29, 0.717) is 0 Å². The molecule has 1 saturated heterocycles. The van der Waals surface area contributed by atoms with Crippen LogP contribution in [0, 0.1) is 0 Å². The van der Waals surface area contributed by atoms with Crippen molar-refractivity contribution in [1.29, 1.82) is 0 Å². The zero-order valence-corrected chi connectivity index (χ0v) is 12.3. The van der Waals surface area contributed by atoms with Gasteiger partial charge in [0.1, 0.15) is 6.04 Å². The first-order chi connectivity index (χ1) is 8.57. The summed E-state index contributed by atoms with van der Waals surface area (Å²) in [4.78, 5) is 11.2. The Bertz CT molecular complexity index is 419. The van der Waals surface area contributed by atoms with Crippen molar-refractivity contribution in [2.45, 2.75) is 44.9 Å². The molecule has 1 fully saturated rings. The molecular formula is C12H21BN2O4. The smallest absolute Gasteiger partial charge is 0.480 e. The molecule has 0 aliphatic carbocycles. The first-order valence-electron chi connectivity index (χ1n) is 6.33. The number of carbonyl (C=O) groups is 1. The lowest BCUT2D eigenvalue weighted by molar-refractivity contribution is -0.143. The van der Waals surface area contributed by atoms with Crippen LogP contribution in [0.25, 0.3) is 0 Å². The Morgan fingerprint density at radius 2 is 1.74 bits per heavy atom. The second-order valence-corrected chi connectivity index (χ2v) is 6.06. The Labute approximate surface area is 114 Å². The standard InChI is InChI=1S/C12H21BN2O4/c1-11(2)12(3,4)19-13(18-11)9-7-8(10(16)17)14(5)15(9)6/h7-8H,1-6H3,(H,16,17). The summed E-state index contributed by atoms with van der Waals surface area (Å²) < 4.78 is 11.9. The molecule has 6 nitrogen and oxygen atoms in total. The molecule has 1 unspecified atom stereocenters. The SMILES string of the molecule is CN1C(B2OC(C)(C)C(C)(C)O2)=CC(C(=O)O)N1C. The molecule has 0 amide bonds. The lowest BCUT2D eigenvalue weighted by Crippen LogP contribution is -2.42. The lowest BCUT2D eigenvalue weighted by Gasteiger charge is -2.32. The van der Waals surface area contributed by atoms with Gasteiger partial charge in [-0.3, -0.25) is 4.79 Å². The van der Waals surface area contributed by atoms with E-state index in [-0.39, 0.29) is 0 Å². The molecule has 2 heterocycles. The number of carboxylic acid groups (broad SMARTS) is 1. The van der Waals surface area contributed by atoms with Gasteiger partial charge in [0, 0.05) is 14.1 Å². The van der Waals surface area contributed by atoms with E-state index >= 15 is 0 Å². The zero-order valence-electron chi connectivity index (χ0n) is 12.3. The van der Waals surface area contributed by atoms with Gasteiger partial charge in [0.05, 0.1) is 16.8 Å². The van der Waals surface area contributed by atoms with Crippen molar-refractivity contribution in [3.63, 3.8) is 0 Å². The summed E-state index contributed by atoms with van der Waals surface area (Å²) in [7, 11) is 3.00. The molecular weight excluding hydrogens is 247 g/mol. The van der Waals surface area contributed by atoms with Gasteiger partial charge in [0.15, 0.2) is 0 Å². The third kappa shape index (κ3) is 2.15. The van der Waals surface area contributed by atoms with Crippen LogP contribution in [0.2, 0.25) is 0 Å². The number of hydrazine groups is 1. The number of likely N-dealkylation sites (N-methyl/N-ethyl adjacent to an activating group) is 1. The minimum Gasteiger partial charge on any atom is -0.480 e. The molecule has 0 bridgehead atoms. The fourth-order valence-corrected chi connectivity index (χ4v) is 2.17. The average molecular weight is 268 g/mol. The molecule has 0 aromatic heterocycles. The van der Waals surface area contributed by atoms with Gasteiger partial charge < -0.3 is 19.4 Å². The van der Waals surface area contributed by atoms with Crippen LogP contribution in [0.5, 0.6) is 0 Å². The second-order valence-electron chi connectivity index (χ2n) is 6.06. The van der Waals surface area contributed by atoms with Crippen LogP contribution in [0.1, 0.15) is 27.7 Å². The largest absolute Gasteiger partial charge is 0.513 e. The first-order valence-corrected chi connectivity index (χ1v) is 6.33. The van der Waals surface area contributed by atoms with Gasteiger partial charge in [0.2, 0.25) is 0 Å². The number of hydrogen-bond acceptors (Lipinski definition) is 5. The fraction of sp³-hybridized carbons (Fsp3) is 0.750. The van der Waals surface area contributed by atoms with Crippen molar-refractivity contribution < 1.29 is 19.2 Å². The topological polar surface area (TPSA) is 62.2 Å². The molecule has 2 aliphatic heterocycles. The van der Waals surface area contributed by atoms with Gasteiger partial charge in [0.25, 0.3) is 0 Å². The van der Waals surface area contributed by atoms with Crippen LogP contribution >= 0.6 is 0 Å². The van der Waals surface area contributed by atoms with E-state index < -0.39 is 30.3 Å². The van der Waals surface area contributed by atoms with Crippen molar-refractivity contribution >= 4 is 13.1 Å². The van der Waals surface area contributed by atoms with E-state index in [4.69, 9.17) is 9.31 Å². The number of nitrogens with zero attached hydrogens (tertiary/aromatic N) is 2. The summed E-state index contributed by atoms with van der Waals surface area (Å²) in [6, 6.07) is -0.681. The molecule has 19 heavy (non-hydrogen) atoms. The summed E-state index contributed by atoms with van der Waals surface area (Å²) in [6.45, 7) is 7.89. The maximum atomic E-state index is 11.2. The van der Waals surface area contributed by atoms with Crippen molar-refractivity contribution in [3.8, 4) is 0 Å². The van der Waals surface area contributed by atoms with Crippen molar-refractivity contribution in [1.82, 2.24) is 10.0 Å². The Morgan fingerprint density at radius 3 is 2.11 bits per heavy atom. The monoisotopic (exact) mass is 268 g/mol.